The molecule has 1 rings (SSSR count). The molecule has 0 spiro atoms. The van der Waals surface area contributed by atoms with Crippen molar-refractivity contribution in [2.75, 3.05) is 6.61 Å². The molecule has 0 saturated heterocycles. The van der Waals surface area contributed by atoms with Crippen molar-refractivity contribution in [3.05, 3.63) is 18.0 Å². The Kier molecular flexibility index (Phi) is 5.31. The summed E-state index contributed by atoms with van der Waals surface area (Å²) in [5.41, 5.74) is 0.889. The predicted octanol–water partition coefficient (Wildman–Crippen LogP) is 0.668. The molecule has 0 aromatic carbocycles. The normalized spacial score (nSPS) is 15.7. The lowest BCUT2D eigenvalue weighted by molar-refractivity contribution is 0.0388. The molecule has 0 fully saturated rings. The first kappa shape index (κ1) is 15.1. The number of aromatic nitrogens is 2. The second-order valence-corrected chi connectivity index (χ2v) is 5.82. The smallest absolute Gasteiger partial charge is 0.0604 e. The van der Waals surface area contributed by atoms with Gasteiger partial charge in [-0.15, -0.1) is 0 Å². The number of nitrogens with zero attached hydrogens (tertiary/aromatic N) is 2. The molecule has 0 unspecified atom stereocenters. The molecule has 0 amide bonds. The molecule has 18 heavy (non-hydrogen) atoms. The third-order valence-corrected chi connectivity index (χ3v) is 3.22. The number of hydrogen-bond acceptors (Lipinski definition) is 4. The molecule has 0 aliphatic heterocycles. The van der Waals surface area contributed by atoms with Gasteiger partial charge in [0.05, 0.1) is 18.4 Å². The number of aliphatic hydroxyl groups excluding tert-OH is 2. The van der Waals surface area contributed by atoms with E-state index in [9.17, 15) is 10.2 Å². The highest BCUT2D eigenvalue weighted by molar-refractivity contribution is 4.99. The van der Waals surface area contributed by atoms with Gasteiger partial charge < -0.3 is 15.5 Å². The van der Waals surface area contributed by atoms with Crippen LogP contribution in [0.1, 0.15) is 32.9 Å². The van der Waals surface area contributed by atoms with Crippen LogP contribution < -0.4 is 5.32 Å². The summed E-state index contributed by atoms with van der Waals surface area (Å²) in [5.74, 6) is 0. The SMILES string of the molecule is Cn1nccc1CN[C@H](CO)C[C@@H](O)C(C)(C)C. The van der Waals surface area contributed by atoms with Gasteiger partial charge in [-0.05, 0) is 17.9 Å². The minimum Gasteiger partial charge on any atom is -0.395 e. The molecular formula is C13H25N3O2. The number of aryl methyl sites for hydroxylation is 1. The number of aliphatic hydroxyl groups is 2. The van der Waals surface area contributed by atoms with Gasteiger partial charge in [0.2, 0.25) is 0 Å². The maximum absolute atomic E-state index is 10.0. The van der Waals surface area contributed by atoms with E-state index in [0.717, 1.165) is 5.69 Å². The third-order valence-electron chi connectivity index (χ3n) is 3.22. The standard InChI is InChI=1S/C13H25N3O2/c1-13(2,3)12(18)7-10(9-17)14-8-11-5-6-15-16(11)4/h5-6,10,12,14,17-18H,7-9H2,1-4H3/t10-,12+/m0/s1. The van der Waals surface area contributed by atoms with Gasteiger partial charge >= 0.3 is 0 Å². The van der Waals surface area contributed by atoms with Crippen LogP contribution in [0.5, 0.6) is 0 Å². The molecule has 104 valence electrons. The minimum atomic E-state index is -0.436. The molecule has 2 atom stereocenters. The fourth-order valence-electron chi connectivity index (χ4n) is 1.67. The Morgan fingerprint density at radius 1 is 1.44 bits per heavy atom. The highest BCUT2D eigenvalue weighted by atomic mass is 16.3. The Labute approximate surface area is 109 Å². The first-order valence-electron chi connectivity index (χ1n) is 6.33. The van der Waals surface area contributed by atoms with Crippen LogP contribution >= 0.6 is 0 Å². The van der Waals surface area contributed by atoms with Crippen molar-refractivity contribution >= 4 is 0 Å². The lowest BCUT2D eigenvalue weighted by Crippen LogP contribution is -2.39. The molecule has 0 radical (unpaired) electrons. The summed E-state index contributed by atoms with van der Waals surface area (Å²) >= 11 is 0. The maximum atomic E-state index is 10.0. The molecule has 0 aliphatic carbocycles. The summed E-state index contributed by atoms with van der Waals surface area (Å²) in [6.45, 7) is 6.64. The Bertz CT molecular complexity index is 357. The lowest BCUT2D eigenvalue weighted by atomic mass is 9.85. The monoisotopic (exact) mass is 255 g/mol. The van der Waals surface area contributed by atoms with Crippen LogP contribution in [0.2, 0.25) is 0 Å². The van der Waals surface area contributed by atoms with Crippen molar-refractivity contribution in [3.8, 4) is 0 Å². The van der Waals surface area contributed by atoms with Crippen LogP contribution in [0.3, 0.4) is 0 Å². The van der Waals surface area contributed by atoms with Crippen molar-refractivity contribution in [3.63, 3.8) is 0 Å². The second kappa shape index (κ2) is 6.31. The summed E-state index contributed by atoms with van der Waals surface area (Å²) in [4.78, 5) is 0. The second-order valence-electron chi connectivity index (χ2n) is 5.82. The zero-order valence-corrected chi connectivity index (χ0v) is 11.7. The Hall–Kier alpha value is -0.910. The van der Waals surface area contributed by atoms with E-state index < -0.39 is 6.10 Å². The van der Waals surface area contributed by atoms with E-state index in [1.807, 2.05) is 33.9 Å². The van der Waals surface area contributed by atoms with E-state index in [4.69, 9.17) is 0 Å². The van der Waals surface area contributed by atoms with Gasteiger partial charge in [0.25, 0.3) is 0 Å². The zero-order chi connectivity index (χ0) is 13.8. The van der Waals surface area contributed by atoms with Crippen molar-refractivity contribution in [1.29, 1.82) is 0 Å². The van der Waals surface area contributed by atoms with Gasteiger partial charge in [0.1, 0.15) is 0 Å². The fourth-order valence-corrected chi connectivity index (χ4v) is 1.67. The van der Waals surface area contributed by atoms with Crippen LogP contribution in [0, 0.1) is 5.41 Å². The summed E-state index contributed by atoms with van der Waals surface area (Å²) in [7, 11) is 1.88. The molecule has 1 heterocycles. The largest absolute Gasteiger partial charge is 0.395 e. The predicted molar refractivity (Wildman–Crippen MR) is 71.0 cm³/mol. The fraction of sp³-hybridized carbons (Fsp3) is 0.769. The number of nitrogens with one attached hydrogen (secondary N) is 1. The summed E-state index contributed by atoms with van der Waals surface area (Å²) in [6.07, 6.45) is 1.85. The summed E-state index contributed by atoms with van der Waals surface area (Å²) in [6, 6.07) is 1.83. The van der Waals surface area contributed by atoms with Crippen LogP contribution in [0.25, 0.3) is 0 Å². The van der Waals surface area contributed by atoms with E-state index in [-0.39, 0.29) is 18.1 Å². The van der Waals surface area contributed by atoms with Crippen LogP contribution in [0.4, 0.5) is 0 Å². The number of hydrogen-bond donors (Lipinski definition) is 3. The molecule has 5 nitrogen and oxygen atoms in total. The number of rotatable bonds is 6. The van der Waals surface area contributed by atoms with Crippen molar-refractivity contribution in [2.45, 2.75) is 45.9 Å². The van der Waals surface area contributed by atoms with E-state index in [0.29, 0.717) is 13.0 Å². The Morgan fingerprint density at radius 3 is 2.56 bits per heavy atom. The summed E-state index contributed by atoms with van der Waals surface area (Å²) in [5, 5.41) is 26.7. The summed E-state index contributed by atoms with van der Waals surface area (Å²) < 4.78 is 1.79. The maximum Gasteiger partial charge on any atom is 0.0604 e. The third kappa shape index (κ3) is 4.40. The molecule has 0 saturated carbocycles. The van der Waals surface area contributed by atoms with Gasteiger partial charge in [-0.1, -0.05) is 20.8 Å². The molecule has 1 aromatic rings. The topological polar surface area (TPSA) is 70.3 Å². The first-order valence-corrected chi connectivity index (χ1v) is 6.33. The van der Waals surface area contributed by atoms with Gasteiger partial charge in [-0.25, -0.2) is 0 Å². The molecule has 1 aromatic heterocycles. The van der Waals surface area contributed by atoms with E-state index in [1.165, 1.54) is 0 Å². The van der Waals surface area contributed by atoms with Gasteiger partial charge in [-0.3, -0.25) is 4.68 Å². The molecular weight excluding hydrogens is 230 g/mol. The zero-order valence-electron chi connectivity index (χ0n) is 11.7. The molecule has 0 aliphatic rings. The highest BCUT2D eigenvalue weighted by Crippen LogP contribution is 2.22. The van der Waals surface area contributed by atoms with Crippen LogP contribution in [0.15, 0.2) is 12.3 Å². The molecule has 5 heteroatoms. The van der Waals surface area contributed by atoms with E-state index >= 15 is 0 Å². The van der Waals surface area contributed by atoms with Crippen molar-refractivity contribution in [1.82, 2.24) is 15.1 Å². The van der Waals surface area contributed by atoms with E-state index in [1.54, 1.807) is 10.9 Å². The van der Waals surface area contributed by atoms with Crippen LogP contribution in [-0.4, -0.2) is 38.7 Å². The van der Waals surface area contributed by atoms with E-state index in [2.05, 4.69) is 10.4 Å². The van der Waals surface area contributed by atoms with Gasteiger partial charge in [0, 0.05) is 25.8 Å². The van der Waals surface area contributed by atoms with Crippen molar-refractivity contribution < 1.29 is 10.2 Å². The average Bonchev–Trinajstić information content (AvgIpc) is 2.68. The highest BCUT2D eigenvalue weighted by Gasteiger charge is 2.25. The van der Waals surface area contributed by atoms with Gasteiger partial charge in [0.15, 0.2) is 0 Å². The lowest BCUT2D eigenvalue weighted by Gasteiger charge is -2.29. The van der Waals surface area contributed by atoms with Crippen LogP contribution in [-0.2, 0) is 13.6 Å². The first-order chi connectivity index (χ1) is 8.34. The quantitative estimate of drug-likeness (QED) is 0.698. The Balaban J connectivity index is 2.45. The average molecular weight is 255 g/mol. The molecule has 3 N–H and O–H groups in total. The van der Waals surface area contributed by atoms with Gasteiger partial charge in [-0.2, -0.15) is 5.10 Å². The minimum absolute atomic E-state index is 0.0188. The molecule has 0 bridgehead atoms. The van der Waals surface area contributed by atoms with Crippen molar-refractivity contribution in [2.24, 2.45) is 12.5 Å². The Morgan fingerprint density at radius 2 is 2.11 bits per heavy atom.